The van der Waals surface area contributed by atoms with Crippen LogP contribution in [0.4, 0.5) is 5.69 Å². The number of anilines is 1. The van der Waals surface area contributed by atoms with Crippen molar-refractivity contribution in [2.45, 2.75) is 93.1 Å². The van der Waals surface area contributed by atoms with Crippen LogP contribution < -0.4 is 5.73 Å². The zero-order valence-corrected chi connectivity index (χ0v) is 22.6. The number of hydrogen-bond donors (Lipinski definition) is 1. The molecule has 0 fully saturated rings. The molecule has 2 N–H and O–H groups in total. The molecule has 1 aromatic rings. The molecule has 29 heavy (non-hydrogen) atoms. The molecule has 0 saturated carbocycles. The molecule has 0 aliphatic rings. The van der Waals surface area contributed by atoms with Gasteiger partial charge in [0.25, 0.3) is 0 Å². The third-order valence-corrected chi connectivity index (χ3v) is 8.37. The number of nitrogen functional groups attached to an aromatic ring is 1. The van der Waals surface area contributed by atoms with Gasteiger partial charge >= 0.3 is 0 Å². The molecule has 0 aliphatic carbocycles. The van der Waals surface area contributed by atoms with Crippen LogP contribution in [-0.4, -0.2) is 16.6 Å². The van der Waals surface area contributed by atoms with Gasteiger partial charge in [0, 0.05) is 23.1 Å². The Morgan fingerprint density at radius 3 is 2.14 bits per heavy atom. The maximum Gasteiger partial charge on any atom is 0.0666 e. The number of alkyl halides is 1. The van der Waals surface area contributed by atoms with Crippen molar-refractivity contribution in [3.8, 4) is 0 Å². The maximum absolute atomic E-state index is 6.33. The highest BCUT2D eigenvalue weighted by Crippen LogP contribution is 2.32. The number of rotatable bonds is 12. The number of halogens is 1. The van der Waals surface area contributed by atoms with Gasteiger partial charge < -0.3 is 10.5 Å². The Labute approximate surface area is 194 Å². The topological polar surface area (TPSA) is 35.2 Å². The van der Waals surface area contributed by atoms with Crippen LogP contribution in [0.15, 0.2) is 18.2 Å². The van der Waals surface area contributed by atoms with Crippen LogP contribution in [0.3, 0.4) is 0 Å². The molecule has 1 rings (SSSR count). The first-order valence-corrected chi connectivity index (χ1v) is 12.9. The fraction of sp³-hybridized carbons (Fsp3) is 0.769. The van der Waals surface area contributed by atoms with Crippen LogP contribution in [-0.2, 0) is 11.2 Å². The lowest BCUT2D eigenvalue weighted by atomic mass is 9.78. The molecule has 0 saturated heterocycles. The Hall–Kier alpha value is -0.290. The lowest BCUT2D eigenvalue weighted by Gasteiger charge is -2.32. The average Bonchev–Trinajstić information content (AvgIpc) is 2.59. The first kappa shape index (κ1) is 26.7. The van der Waals surface area contributed by atoms with Crippen LogP contribution >= 0.6 is 22.6 Å². The molecule has 3 unspecified atom stereocenters. The summed E-state index contributed by atoms with van der Waals surface area (Å²) in [5, 5.41) is 0. The Morgan fingerprint density at radius 1 is 0.966 bits per heavy atom. The van der Waals surface area contributed by atoms with E-state index in [4.69, 9.17) is 10.5 Å². The standard InChI is InChI=1S/C26H46INO/c1-18(2)25(6,7)10-11-29-26(8,9)16-22-13-23(15-24(28)14-22)20(4)12-19(3)21(5)17-27/h13-15,18-21H,10-12,16-17,28H2,1-9H3. The van der Waals surface area contributed by atoms with Crippen molar-refractivity contribution >= 4 is 28.3 Å². The molecule has 0 bridgehead atoms. The van der Waals surface area contributed by atoms with Gasteiger partial charge in [0.1, 0.15) is 0 Å². The summed E-state index contributed by atoms with van der Waals surface area (Å²) in [5.41, 5.74) is 9.92. The minimum Gasteiger partial charge on any atom is -0.399 e. The van der Waals surface area contributed by atoms with Crippen LogP contribution in [0.1, 0.15) is 92.2 Å². The lowest BCUT2D eigenvalue weighted by Crippen LogP contribution is -2.30. The molecule has 2 nitrogen and oxygen atoms in total. The van der Waals surface area contributed by atoms with Crippen molar-refractivity contribution in [2.24, 2.45) is 23.2 Å². The second-order valence-electron chi connectivity index (χ2n) is 10.9. The molecular weight excluding hydrogens is 469 g/mol. The van der Waals surface area contributed by atoms with Crippen molar-refractivity contribution in [1.29, 1.82) is 0 Å². The fourth-order valence-corrected chi connectivity index (χ4v) is 4.50. The Morgan fingerprint density at radius 2 is 1.59 bits per heavy atom. The Bertz CT molecular complexity index is 623. The van der Waals surface area contributed by atoms with Gasteiger partial charge in [-0.1, -0.05) is 77.1 Å². The molecule has 0 heterocycles. The molecule has 3 atom stereocenters. The van der Waals surface area contributed by atoms with Crippen molar-refractivity contribution in [1.82, 2.24) is 0 Å². The molecule has 1 aromatic carbocycles. The zero-order valence-electron chi connectivity index (χ0n) is 20.4. The summed E-state index contributed by atoms with van der Waals surface area (Å²) in [6.07, 6.45) is 3.18. The average molecular weight is 516 g/mol. The monoisotopic (exact) mass is 515 g/mol. The van der Waals surface area contributed by atoms with Gasteiger partial charge in [-0.25, -0.2) is 0 Å². The first-order chi connectivity index (χ1) is 13.3. The van der Waals surface area contributed by atoms with E-state index in [2.05, 4.69) is 103 Å². The van der Waals surface area contributed by atoms with Gasteiger partial charge in [-0.2, -0.15) is 0 Å². The normalized spacial score (nSPS) is 16.1. The molecule has 0 spiro atoms. The third kappa shape index (κ3) is 9.16. The lowest BCUT2D eigenvalue weighted by molar-refractivity contribution is -0.0323. The maximum atomic E-state index is 6.33. The van der Waals surface area contributed by atoms with E-state index in [1.54, 1.807) is 0 Å². The highest BCUT2D eigenvalue weighted by Gasteiger charge is 2.25. The highest BCUT2D eigenvalue weighted by atomic mass is 127. The molecule has 168 valence electrons. The molecule has 0 radical (unpaired) electrons. The number of ether oxygens (including phenoxy) is 1. The van der Waals surface area contributed by atoms with Crippen molar-refractivity contribution in [2.75, 3.05) is 16.8 Å². The smallest absolute Gasteiger partial charge is 0.0666 e. The predicted octanol–water partition coefficient (Wildman–Crippen LogP) is 7.88. The Balaban J connectivity index is 2.78. The van der Waals surface area contributed by atoms with Gasteiger partial charge in [-0.05, 0) is 79.0 Å². The van der Waals surface area contributed by atoms with Crippen LogP contribution in [0.2, 0.25) is 0 Å². The quantitative estimate of drug-likeness (QED) is 0.175. The van der Waals surface area contributed by atoms with Gasteiger partial charge in [-0.15, -0.1) is 0 Å². The zero-order chi connectivity index (χ0) is 22.4. The van der Waals surface area contributed by atoms with Crippen LogP contribution in [0.25, 0.3) is 0 Å². The molecule has 0 aliphatic heterocycles. The van der Waals surface area contributed by atoms with E-state index in [0.717, 1.165) is 37.0 Å². The second-order valence-corrected chi connectivity index (χ2v) is 11.8. The fourth-order valence-electron chi connectivity index (χ4n) is 3.63. The summed E-state index contributed by atoms with van der Waals surface area (Å²) in [6, 6.07) is 6.64. The number of benzene rings is 1. The summed E-state index contributed by atoms with van der Waals surface area (Å²) in [7, 11) is 0. The van der Waals surface area contributed by atoms with Crippen molar-refractivity contribution < 1.29 is 4.74 Å². The largest absolute Gasteiger partial charge is 0.399 e. The van der Waals surface area contributed by atoms with E-state index in [1.165, 1.54) is 22.0 Å². The van der Waals surface area contributed by atoms with Gasteiger partial charge in [0.15, 0.2) is 0 Å². The minimum atomic E-state index is -0.190. The minimum absolute atomic E-state index is 0.190. The molecule has 3 heteroatoms. The molecule has 0 amide bonds. The molecular formula is C26H46INO. The van der Waals surface area contributed by atoms with E-state index >= 15 is 0 Å². The van der Waals surface area contributed by atoms with Gasteiger partial charge in [0.05, 0.1) is 5.60 Å². The van der Waals surface area contributed by atoms with Crippen molar-refractivity contribution in [3.05, 3.63) is 29.3 Å². The Kier molecular flexibility index (Phi) is 10.5. The predicted molar refractivity (Wildman–Crippen MR) is 138 cm³/mol. The molecule has 0 aromatic heterocycles. The number of nitrogens with two attached hydrogens (primary N) is 1. The number of hydrogen-bond acceptors (Lipinski definition) is 2. The summed E-state index contributed by atoms with van der Waals surface area (Å²) in [5.74, 6) is 2.65. The van der Waals surface area contributed by atoms with E-state index < -0.39 is 0 Å². The van der Waals surface area contributed by atoms with Crippen LogP contribution in [0, 0.1) is 23.2 Å². The van der Waals surface area contributed by atoms with Gasteiger partial charge in [-0.3, -0.25) is 0 Å². The summed E-state index contributed by atoms with van der Waals surface area (Å²) in [6.45, 7) is 21.5. The summed E-state index contributed by atoms with van der Waals surface area (Å²) < 4.78 is 7.54. The van der Waals surface area contributed by atoms with Gasteiger partial charge in [0.2, 0.25) is 0 Å². The van der Waals surface area contributed by atoms with Crippen LogP contribution in [0.5, 0.6) is 0 Å². The van der Waals surface area contributed by atoms with E-state index in [9.17, 15) is 0 Å². The second kappa shape index (κ2) is 11.4. The van der Waals surface area contributed by atoms with Crippen molar-refractivity contribution in [3.63, 3.8) is 0 Å². The third-order valence-electron chi connectivity index (χ3n) is 6.98. The first-order valence-electron chi connectivity index (χ1n) is 11.4. The van der Waals surface area contributed by atoms with E-state index in [1.807, 2.05) is 0 Å². The van der Waals surface area contributed by atoms with E-state index in [0.29, 0.717) is 17.3 Å². The SMILES string of the molecule is CC(CC(C)C(C)CI)c1cc(N)cc(CC(C)(C)OCCC(C)(C)C(C)C)c1. The summed E-state index contributed by atoms with van der Waals surface area (Å²) in [4.78, 5) is 0. The summed E-state index contributed by atoms with van der Waals surface area (Å²) >= 11 is 2.50. The highest BCUT2D eigenvalue weighted by molar-refractivity contribution is 14.1. The van der Waals surface area contributed by atoms with E-state index in [-0.39, 0.29) is 5.60 Å².